The molecule has 1 aliphatic rings. The van der Waals surface area contributed by atoms with E-state index in [0.717, 1.165) is 10.3 Å². The monoisotopic (exact) mass is 389 g/mol. The van der Waals surface area contributed by atoms with E-state index in [0.29, 0.717) is 28.9 Å². The van der Waals surface area contributed by atoms with E-state index in [1.165, 1.54) is 7.11 Å². The van der Waals surface area contributed by atoms with Crippen molar-refractivity contribution in [2.24, 2.45) is 0 Å². The molecule has 3 aromatic rings. The molecule has 1 atom stereocenters. The zero-order valence-corrected chi connectivity index (χ0v) is 15.0. The van der Waals surface area contributed by atoms with E-state index in [4.69, 9.17) is 4.74 Å². The summed E-state index contributed by atoms with van der Waals surface area (Å²) in [5.41, 5.74) is 1.58. The van der Waals surface area contributed by atoms with Gasteiger partial charge in [-0.05, 0) is 30.2 Å². The number of urea groups is 1. The maximum atomic E-state index is 14.0. The maximum Gasteiger partial charge on any atom is 0.414 e. The molecule has 146 valence electrons. The van der Waals surface area contributed by atoms with Crippen LogP contribution in [0.4, 0.5) is 23.7 Å². The zero-order chi connectivity index (χ0) is 19.9. The van der Waals surface area contributed by atoms with Crippen molar-refractivity contribution in [1.29, 1.82) is 0 Å². The molecular weight excluding hydrogens is 371 g/mol. The van der Waals surface area contributed by atoms with Gasteiger partial charge in [-0.1, -0.05) is 30.3 Å². The number of ether oxygens (including phenoxy) is 1. The number of hydrogen-bond acceptors (Lipinski definition) is 2. The van der Waals surface area contributed by atoms with Gasteiger partial charge in [-0.2, -0.15) is 13.2 Å². The number of benzene rings is 2. The van der Waals surface area contributed by atoms with Crippen LogP contribution >= 0.6 is 0 Å². The SMILES string of the molecule is COc1ccccc1NC(=O)N1CCc2c([nH]c3ccccc23)[C@H]1C(F)(F)F. The predicted octanol–water partition coefficient (Wildman–Crippen LogP) is 4.87. The summed E-state index contributed by atoms with van der Waals surface area (Å²) in [4.78, 5) is 16.5. The van der Waals surface area contributed by atoms with Crippen LogP contribution in [-0.2, 0) is 6.42 Å². The van der Waals surface area contributed by atoms with Crippen molar-refractivity contribution in [3.63, 3.8) is 0 Å². The summed E-state index contributed by atoms with van der Waals surface area (Å²) in [5.74, 6) is 0.378. The fourth-order valence-corrected chi connectivity index (χ4v) is 3.73. The average molecular weight is 389 g/mol. The number of H-pyrrole nitrogens is 1. The van der Waals surface area contributed by atoms with Gasteiger partial charge >= 0.3 is 12.2 Å². The minimum Gasteiger partial charge on any atom is -0.495 e. The number of alkyl halides is 3. The largest absolute Gasteiger partial charge is 0.495 e. The molecule has 5 nitrogen and oxygen atoms in total. The molecule has 0 fully saturated rings. The van der Waals surface area contributed by atoms with Crippen LogP contribution in [0.2, 0.25) is 0 Å². The second-order valence-corrected chi connectivity index (χ2v) is 6.58. The topological polar surface area (TPSA) is 57.4 Å². The number of carbonyl (C=O) groups is 1. The fraction of sp³-hybridized carbons (Fsp3) is 0.250. The summed E-state index contributed by atoms with van der Waals surface area (Å²) in [5, 5.41) is 3.31. The maximum absolute atomic E-state index is 14.0. The number of nitrogens with one attached hydrogen (secondary N) is 2. The first-order valence-corrected chi connectivity index (χ1v) is 8.77. The zero-order valence-electron chi connectivity index (χ0n) is 15.0. The lowest BCUT2D eigenvalue weighted by Crippen LogP contribution is -2.48. The van der Waals surface area contributed by atoms with Crippen molar-refractivity contribution in [1.82, 2.24) is 9.88 Å². The highest BCUT2D eigenvalue weighted by molar-refractivity contribution is 5.92. The van der Waals surface area contributed by atoms with Gasteiger partial charge in [0.05, 0.1) is 18.5 Å². The number of amides is 2. The molecule has 0 radical (unpaired) electrons. The van der Waals surface area contributed by atoms with Gasteiger partial charge < -0.3 is 19.9 Å². The Balaban J connectivity index is 1.72. The molecule has 0 aliphatic carbocycles. The number of para-hydroxylation sites is 3. The summed E-state index contributed by atoms with van der Waals surface area (Å²) in [6.07, 6.45) is -4.28. The third kappa shape index (κ3) is 3.04. The number of carbonyl (C=O) groups excluding carboxylic acids is 1. The molecule has 2 aromatic carbocycles. The van der Waals surface area contributed by atoms with E-state index in [9.17, 15) is 18.0 Å². The minimum absolute atomic E-state index is 0.0233. The smallest absolute Gasteiger partial charge is 0.414 e. The lowest BCUT2D eigenvalue weighted by Gasteiger charge is -2.36. The molecule has 0 saturated carbocycles. The van der Waals surface area contributed by atoms with Gasteiger partial charge in [0.15, 0.2) is 6.04 Å². The van der Waals surface area contributed by atoms with Gasteiger partial charge in [-0.25, -0.2) is 4.79 Å². The summed E-state index contributed by atoms with van der Waals surface area (Å²) in [7, 11) is 1.43. The molecule has 8 heteroatoms. The first-order valence-electron chi connectivity index (χ1n) is 8.77. The quantitative estimate of drug-likeness (QED) is 0.657. The average Bonchev–Trinajstić information content (AvgIpc) is 3.05. The van der Waals surface area contributed by atoms with Gasteiger partial charge in [0, 0.05) is 17.4 Å². The van der Waals surface area contributed by atoms with E-state index in [2.05, 4.69) is 10.3 Å². The predicted molar refractivity (Wildman–Crippen MR) is 99.5 cm³/mol. The molecular formula is C20H18F3N3O2. The Kier molecular flexibility index (Phi) is 4.41. The summed E-state index contributed by atoms with van der Waals surface area (Å²) >= 11 is 0. The summed E-state index contributed by atoms with van der Waals surface area (Å²) < 4.78 is 47.1. The van der Waals surface area contributed by atoms with Crippen LogP contribution < -0.4 is 10.1 Å². The number of aromatic amines is 1. The van der Waals surface area contributed by atoms with E-state index in [1.54, 1.807) is 48.5 Å². The third-order valence-corrected chi connectivity index (χ3v) is 4.95. The normalized spacial score (nSPS) is 16.7. The van der Waals surface area contributed by atoms with E-state index >= 15 is 0 Å². The van der Waals surface area contributed by atoms with Gasteiger partial charge in [0.1, 0.15) is 5.75 Å². The Labute approximate surface area is 159 Å². The number of aromatic nitrogens is 1. The van der Waals surface area contributed by atoms with Crippen molar-refractivity contribution in [2.75, 3.05) is 19.0 Å². The number of halogens is 3. The number of hydrogen-bond donors (Lipinski definition) is 2. The summed E-state index contributed by atoms with van der Waals surface area (Å²) in [6, 6.07) is 10.8. The highest BCUT2D eigenvalue weighted by atomic mass is 19.4. The molecule has 2 amide bonds. The van der Waals surface area contributed by atoms with Gasteiger partial charge in [-0.3, -0.25) is 0 Å². The number of rotatable bonds is 2. The van der Waals surface area contributed by atoms with Crippen LogP contribution in [0.25, 0.3) is 10.9 Å². The van der Waals surface area contributed by atoms with Crippen LogP contribution in [-0.4, -0.2) is 35.7 Å². The molecule has 1 aromatic heterocycles. The lowest BCUT2D eigenvalue weighted by molar-refractivity contribution is -0.180. The highest BCUT2D eigenvalue weighted by Crippen LogP contribution is 2.44. The first-order chi connectivity index (χ1) is 13.4. The second kappa shape index (κ2) is 6.78. The summed E-state index contributed by atoms with van der Waals surface area (Å²) in [6.45, 7) is -0.0417. The molecule has 2 heterocycles. The highest BCUT2D eigenvalue weighted by Gasteiger charge is 2.50. The molecule has 0 unspecified atom stereocenters. The Morgan fingerprint density at radius 3 is 2.64 bits per heavy atom. The van der Waals surface area contributed by atoms with Crippen molar-refractivity contribution in [3.05, 3.63) is 59.8 Å². The lowest BCUT2D eigenvalue weighted by atomic mass is 9.97. The number of methoxy groups -OCH3 is 1. The Bertz CT molecular complexity index is 1030. The van der Waals surface area contributed by atoms with Crippen LogP contribution in [0.15, 0.2) is 48.5 Å². The van der Waals surface area contributed by atoms with Gasteiger partial charge in [0.25, 0.3) is 0 Å². The molecule has 28 heavy (non-hydrogen) atoms. The fourth-order valence-electron chi connectivity index (χ4n) is 3.73. The Hall–Kier alpha value is -3.16. The number of nitrogens with zero attached hydrogens (tertiary/aromatic N) is 1. The van der Waals surface area contributed by atoms with Gasteiger partial charge in [0.2, 0.25) is 0 Å². The van der Waals surface area contributed by atoms with Crippen molar-refractivity contribution < 1.29 is 22.7 Å². The molecule has 0 bridgehead atoms. The molecule has 4 rings (SSSR count). The van der Waals surface area contributed by atoms with Crippen LogP contribution in [0.5, 0.6) is 5.75 Å². The van der Waals surface area contributed by atoms with Gasteiger partial charge in [-0.15, -0.1) is 0 Å². The van der Waals surface area contributed by atoms with Crippen LogP contribution in [0.3, 0.4) is 0 Å². The third-order valence-electron chi connectivity index (χ3n) is 4.95. The Morgan fingerprint density at radius 1 is 1.18 bits per heavy atom. The second-order valence-electron chi connectivity index (χ2n) is 6.58. The van der Waals surface area contributed by atoms with Crippen molar-refractivity contribution in [3.8, 4) is 5.75 Å². The minimum atomic E-state index is -4.62. The molecule has 1 aliphatic heterocycles. The van der Waals surface area contributed by atoms with Crippen LogP contribution in [0, 0.1) is 0 Å². The van der Waals surface area contributed by atoms with Crippen LogP contribution in [0.1, 0.15) is 17.3 Å². The van der Waals surface area contributed by atoms with E-state index < -0.39 is 18.2 Å². The Morgan fingerprint density at radius 2 is 1.89 bits per heavy atom. The molecule has 0 saturated heterocycles. The van der Waals surface area contributed by atoms with Crippen molar-refractivity contribution >= 4 is 22.6 Å². The number of anilines is 1. The first kappa shape index (κ1) is 18.2. The molecule has 2 N–H and O–H groups in total. The number of fused-ring (bicyclic) bond motifs is 3. The van der Waals surface area contributed by atoms with E-state index in [1.807, 2.05) is 0 Å². The molecule has 0 spiro atoms. The van der Waals surface area contributed by atoms with Crippen molar-refractivity contribution in [2.45, 2.75) is 18.6 Å². The van der Waals surface area contributed by atoms with E-state index in [-0.39, 0.29) is 12.2 Å². The standard InChI is InChI=1S/C20H18F3N3O2/c1-28-16-9-5-4-8-15(16)25-19(27)26-11-10-13-12-6-2-3-7-14(12)24-17(13)18(26)20(21,22)23/h2-9,18,24H,10-11H2,1H3,(H,25,27)/t18-/m0/s1.